The second kappa shape index (κ2) is 8.63. The number of carbonyl (C=O) groups excluding carboxylic acids is 1. The Morgan fingerprint density at radius 1 is 1.09 bits per heavy atom. The predicted octanol–water partition coefficient (Wildman–Crippen LogP) is 3.31. The minimum Gasteiger partial charge on any atom is -0.495 e. The van der Waals surface area contributed by atoms with Gasteiger partial charge in [-0.3, -0.25) is 14.8 Å². The van der Waals surface area contributed by atoms with E-state index in [2.05, 4.69) is 15.0 Å². The number of nitrogens with zero attached hydrogens (tertiary/aromatic N) is 5. The number of carbonyl (C=O) groups is 1. The SMILES string of the molecule is COc1ccc(C(O)(c2ccc3c(c2)C(c2cccnc2C)CC(=O)N3C)c2cncn2C)nc1. The van der Waals surface area contributed by atoms with Crippen LogP contribution < -0.4 is 9.64 Å². The number of aliphatic hydroxyl groups is 1. The van der Waals surface area contributed by atoms with Crippen molar-refractivity contribution in [2.24, 2.45) is 7.05 Å². The molecular formula is C27H27N5O3. The zero-order valence-corrected chi connectivity index (χ0v) is 20.1. The molecule has 0 fully saturated rings. The number of fused-ring (bicyclic) bond motifs is 1. The highest BCUT2D eigenvalue weighted by Crippen LogP contribution is 2.44. The van der Waals surface area contributed by atoms with Crippen molar-refractivity contribution in [3.8, 4) is 5.75 Å². The summed E-state index contributed by atoms with van der Waals surface area (Å²) in [6.07, 6.45) is 6.96. The third-order valence-electron chi connectivity index (χ3n) is 6.89. The van der Waals surface area contributed by atoms with Crippen LogP contribution in [0, 0.1) is 6.92 Å². The van der Waals surface area contributed by atoms with Gasteiger partial charge in [-0.05, 0) is 53.9 Å². The highest BCUT2D eigenvalue weighted by Gasteiger charge is 2.40. The van der Waals surface area contributed by atoms with Crippen molar-refractivity contribution < 1.29 is 14.6 Å². The van der Waals surface area contributed by atoms with Gasteiger partial charge in [-0.25, -0.2) is 4.98 Å². The van der Waals surface area contributed by atoms with Gasteiger partial charge in [0, 0.05) is 44.0 Å². The minimum atomic E-state index is -1.58. The number of amides is 1. The minimum absolute atomic E-state index is 0.0391. The maximum Gasteiger partial charge on any atom is 0.227 e. The first-order valence-corrected chi connectivity index (χ1v) is 11.4. The molecule has 5 rings (SSSR count). The Morgan fingerprint density at radius 2 is 1.91 bits per heavy atom. The van der Waals surface area contributed by atoms with E-state index in [9.17, 15) is 9.90 Å². The lowest BCUT2D eigenvalue weighted by Crippen LogP contribution is -2.36. The molecule has 0 spiro atoms. The van der Waals surface area contributed by atoms with Crippen LogP contribution in [0.4, 0.5) is 5.69 Å². The lowest BCUT2D eigenvalue weighted by Gasteiger charge is -2.35. The molecule has 2 unspecified atom stereocenters. The molecule has 1 amide bonds. The van der Waals surface area contributed by atoms with E-state index in [1.807, 2.05) is 44.3 Å². The first kappa shape index (κ1) is 22.7. The molecule has 0 bridgehead atoms. The Hall–Kier alpha value is -4.04. The summed E-state index contributed by atoms with van der Waals surface area (Å²) >= 11 is 0. The molecule has 8 heteroatoms. The fourth-order valence-corrected chi connectivity index (χ4v) is 4.91. The number of anilines is 1. The lowest BCUT2D eigenvalue weighted by molar-refractivity contribution is -0.118. The number of benzene rings is 1. The number of hydrogen-bond donors (Lipinski definition) is 1. The van der Waals surface area contributed by atoms with E-state index in [-0.39, 0.29) is 11.8 Å². The number of methoxy groups -OCH3 is 1. The molecule has 1 aliphatic heterocycles. The van der Waals surface area contributed by atoms with Crippen LogP contribution in [0.25, 0.3) is 0 Å². The van der Waals surface area contributed by atoms with Crippen LogP contribution in [-0.4, -0.2) is 44.7 Å². The molecule has 1 N–H and O–H groups in total. The number of pyridine rings is 2. The van der Waals surface area contributed by atoms with Crippen LogP contribution in [-0.2, 0) is 17.4 Å². The third kappa shape index (κ3) is 3.66. The second-order valence-electron chi connectivity index (χ2n) is 8.84. The normalized spacial score (nSPS) is 17.1. The topological polar surface area (TPSA) is 93.4 Å². The van der Waals surface area contributed by atoms with Gasteiger partial charge in [0.25, 0.3) is 0 Å². The van der Waals surface area contributed by atoms with Crippen molar-refractivity contribution in [1.82, 2.24) is 19.5 Å². The molecule has 178 valence electrons. The van der Waals surface area contributed by atoms with Crippen LogP contribution in [0.2, 0.25) is 0 Å². The number of rotatable bonds is 5. The molecule has 0 aliphatic carbocycles. The molecule has 4 aromatic rings. The monoisotopic (exact) mass is 469 g/mol. The Labute approximate surface area is 203 Å². The Morgan fingerprint density at radius 3 is 2.57 bits per heavy atom. The fraction of sp³-hybridized carbons (Fsp3) is 0.259. The summed E-state index contributed by atoms with van der Waals surface area (Å²) in [5, 5.41) is 12.3. The molecule has 3 aromatic heterocycles. The number of imidazole rings is 1. The van der Waals surface area contributed by atoms with Crippen molar-refractivity contribution in [2.75, 3.05) is 19.1 Å². The zero-order chi connectivity index (χ0) is 24.7. The summed E-state index contributed by atoms with van der Waals surface area (Å²) in [4.78, 5) is 27.8. The summed E-state index contributed by atoms with van der Waals surface area (Å²) in [7, 11) is 5.20. The molecule has 4 heterocycles. The predicted molar refractivity (Wildman–Crippen MR) is 131 cm³/mol. The highest BCUT2D eigenvalue weighted by atomic mass is 16.5. The van der Waals surface area contributed by atoms with Crippen LogP contribution in [0.1, 0.15) is 46.1 Å². The number of hydrogen-bond acceptors (Lipinski definition) is 6. The van der Waals surface area contributed by atoms with E-state index in [0.29, 0.717) is 29.1 Å². The highest BCUT2D eigenvalue weighted by molar-refractivity contribution is 5.97. The molecule has 1 aromatic carbocycles. The van der Waals surface area contributed by atoms with E-state index < -0.39 is 5.60 Å². The second-order valence-corrected chi connectivity index (χ2v) is 8.84. The number of aromatic nitrogens is 4. The van der Waals surface area contributed by atoms with E-state index in [1.54, 1.807) is 60.7 Å². The van der Waals surface area contributed by atoms with Gasteiger partial charge in [0.05, 0.1) is 37.2 Å². The summed E-state index contributed by atoms with van der Waals surface area (Å²) < 4.78 is 7.05. The zero-order valence-electron chi connectivity index (χ0n) is 20.1. The standard InChI is InChI=1S/C27H27N5O3/c1-17-20(6-5-11-29-17)21-13-26(33)32(3)23-9-7-18(12-22(21)23)27(34,25-15-28-16-31(25)2)24-10-8-19(35-4)14-30-24/h5-12,14-16,21,34H,13H2,1-4H3. The summed E-state index contributed by atoms with van der Waals surface area (Å²) in [6.45, 7) is 1.95. The van der Waals surface area contributed by atoms with Crippen molar-refractivity contribution in [3.05, 3.63) is 101 Å². The van der Waals surface area contributed by atoms with Crippen molar-refractivity contribution in [2.45, 2.75) is 24.9 Å². The summed E-state index contributed by atoms with van der Waals surface area (Å²) in [5.74, 6) is 0.456. The molecule has 0 saturated carbocycles. The average Bonchev–Trinajstić information content (AvgIpc) is 3.32. The van der Waals surface area contributed by atoms with E-state index in [0.717, 1.165) is 22.5 Å². The van der Waals surface area contributed by atoms with Crippen molar-refractivity contribution in [1.29, 1.82) is 0 Å². The van der Waals surface area contributed by atoms with Crippen molar-refractivity contribution >= 4 is 11.6 Å². The Kier molecular flexibility index (Phi) is 5.61. The average molecular weight is 470 g/mol. The van der Waals surface area contributed by atoms with Gasteiger partial charge >= 0.3 is 0 Å². The molecular weight excluding hydrogens is 442 g/mol. The molecule has 0 saturated heterocycles. The van der Waals surface area contributed by atoms with E-state index in [4.69, 9.17) is 4.74 Å². The smallest absolute Gasteiger partial charge is 0.227 e. The third-order valence-corrected chi connectivity index (χ3v) is 6.89. The Balaban J connectivity index is 1.73. The quantitative estimate of drug-likeness (QED) is 0.482. The van der Waals surface area contributed by atoms with Crippen LogP contribution in [0.5, 0.6) is 5.75 Å². The first-order valence-electron chi connectivity index (χ1n) is 11.4. The maximum atomic E-state index is 12.9. The lowest BCUT2D eigenvalue weighted by atomic mass is 9.79. The molecule has 2 atom stereocenters. The van der Waals surface area contributed by atoms with Crippen molar-refractivity contribution in [3.63, 3.8) is 0 Å². The first-order chi connectivity index (χ1) is 16.8. The molecule has 1 aliphatic rings. The number of ether oxygens (including phenoxy) is 1. The van der Waals surface area contributed by atoms with E-state index >= 15 is 0 Å². The van der Waals surface area contributed by atoms with Gasteiger partial charge < -0.3 is 19.3 Å². The molecule has 0 radical (unpaired) electrons. The maximum absolute atomic E-state index is 12.9. The van der Waals surface area contributed by atoms with Gasteiger partial charge in [-0.15, -0.1) is 0 Å². The Bertz CT molecular complexity index is 1400. The van der Waals surface area contributed by atoms with Crippen LogP contribution in [0.15, 0.2) is 67.4 Å². The van der Waals surface area contributed by atoms with Gasteiger partial charge in [0.15, 0.2) is 5.60 Å². The molecule has 35 heavy (non-hydrogen) atoms. The van der Waals surface area contributed by atoms with Gasteiger partial charge in [-0.2, -0.15) is 0 Å². The molecule has 8 nitrogen and oxygen atoms in total. The summed E-state index contributed by atoms with van der Waals surface area (Å²) in [6, 6.07) is 13.2. The largest absolute Gasteiger partial charge is 0.495 e. The van der Waals surface area contributed by atoms with Gasteiger partial charge in [0.2, 0.25) is 5.91 Å². The van der Waals surface area contributed by atoms with Gasteiger partial charge in [0.1, 0.15) is 5.75 Å². The van der Waals surface area contributed by atoms with Crippen LogP contribution >= 0.6 is 0 Å². The fourth-order valence-electron chi connectivity index (χ4n) is 4.91. The number of aryl methyl sites for hydroxylation is 2. The van der Waals surface area contributed by atoms with E-state index in [1.165, 1.54) is 0 Å². The van der Waals surface area contributed by atoms with Gasteiger partial charge in [-0.1, -0.05) is 12.1 Å². The summed E-state index contributed by atoms with van der Waals surface area (Å²) in [5.41, 5.74) is 3.71. The van der Waals surface area contributed by atoms with Crippen LogP contribution in [0.3, 0.4) is 0 Å².